The van der Waals surface area contributed by atoms with Crippen molar-refractivity contribution in [2.45, 2.75) is 0 Å². The Balaban J connectivity index is 2.49. The summed E-state index contributed by atoms with van der Waals surface area (Å²) < 4.78 is 10.5. The van der Waals surface area contributed by atoms with Crippen molar-refractivity contribution in [1.29, 1.82) is 5.26 Å². The van der Waals surface area contributed by atoms with Crippen molar-refractivity contribution < 1.29 is 9.47 Å². The van der Waals surface area contributed by atoms with Crippen LogP contribution < -0.4 is 26.5 Å². The van der Waals surface area contributed by atoms with Crippen molar-refractivity contribution in [3.05, 3.63) is 44.6 Å². The number of aromatic nitrogens is 3. The van der Waals surface area contributed by atoms with Gasteiger partial charge in [0.15, 0.2) is 11.5 Å². The van der Waals surface area contributed by atoms with Crippen LogP contribution in [-0.2, 0) is 0 Å². The number of hydrogen-bond donors (Lipinski definition) is 3. The van der Waals surface area contributed by atoms with Gasteiger partial charge in [-0.2, -0.15) is 5.26 Å². The van der Waals surface area contributed by atoms with Gasteiger partial charge in [-0.1, -0.05) is 6.07 Å². The number of nitrogen functional groups attached to an aromatic ring is 1. The van der Waals surface area contributed by atoms with Crippen LogP contribution in [0.5, 0.6) is 11.5 Å². The number of benzene rings is 1. The van der Waals surface area contributed by atoms with Crippen molar-refractivity contribution in [2.75, 3.05) is 20.0 Å². The molecule has 0 atom stereocenters. The van der Waals surface area contributed by atoms with E-state index in [4.69, 9.17) is 15.2 Å². The minimum atomic E-state index is -0.715. The third-order valence-corrected chi connectivity index (χ3v) is 3.70. The van der Waals surface area contributed by atoms with Crippen LogP contribution in [0.15, 0.2) is 27.8 Å². The minimum absolute atomic E-state index is 0.00460. The minimum Gasteiger partial charge on any atom is -0.493 e. The number of aromatic amines is 2. The maximum absolute atomic E-state index is 12.3. The predicted octanol–water partition coefficient (Wildman–Crippen LogP) is 0.749. The summed E-state index contributed by atoms with van der Waals surface area (Å²) in [5.41, 5.74) is 5.21. The van der Waals surface area contributed by atoms with E-state index in [9.17, 15) is 14.9 Å². The number of fused-ring (bicyclic) bond motifs is 1. The van der Waals surface area contributed by atoms with Gasteiger partial charge in [-0.3, -0.25) is 14.8 Å². The summed E-state index contributed by atoms with van der Waals surface area (Å²) in [5.74, 6) is 0.799. The molecule has 0 radical (unpaired) electrons. The van der Waals surface area contributed by atoms with E-state index in [2.05, 4.69) is 15.0 Å². The largest absolute Gasteiger partial charge is 0.493 e. The quantitative estimate of drug-likeness (QED) is 0.638. The van der Waals surface area contributed by atoms with Crippen LogP contribution in [0, 0.1) is 11.3 Å². The van der Waals surface area contributed by atoms with E-state index in [1.54, 1.807) is 18.2 Å². The van der Waals surface area contributed by atoms with Crippen LogP contribution in [0.1, 0.15) is 5.56 Å². The number of nitrogens with one attached hydrogen (secondary N) is 2. The molecule has 2 heterocycles. The molecule has 0 saturated heterocycles. The Morgan fingerprint density at radius 3 is 2.52 bits per heavy atom. The van der Waals surface area contributed by atoms with Crippen LogP contribution in [0.4, 0.5) is 5.82 Å². The van der Waals surface area contributed by atoms with Gasteiger partial charge in [-0.05, 0) is 17.7 Å². The third kappa shape index (κ3) is 2.55. The lowest BCUT2D eigenvalue weighted by Crippen LogP contribution is -2.23. The molecule has 0 bridgehead atoms. The number of rotatable bonds is 3. The maximum atomic E-state index is 12.3. The number of anilines is 1. The second-order valence-electron chi connectivity index (χ2n) is 5.06. The SMILES string of the molecule is COc1ccc(-c2c(C#N)c(N)nc3[nH]c(=O)[nH]c(=O)c23)cc1OC. The lowest BCUT2D eigenvalue weighted by molar-refractivity contribution is 0.355. The summed E-state index contributed by atoms with van der Waals surface area (Å²) in [6, 6.07) is 6.86. The van der Waals surface area contributed by atoms with E-state index in [0.29, 0.717) is 17.1 Å². The number of nitriles is 1. The first-order valence-corrected chi connectivity index (χ1v) is 7.08. The van der Waals surface area contributed by atoms with Gasteiger partial charge >= 0.3 is 5.69 Å². The Bertz CT molecular complexity index is 1140. The Morgan fingerprint density at radius 1 is 1.16 bits per heavy atom. The normalized spacial score (nSPS) is 10.4. The van der Waals surface area contributed by atoms with Gasteiger partial charge in [0.05, 0.1) is 19.6 Å². The monoisotopic (exact) mass is 339 g/mol. The fraction of sp³-hybridized carbons (Fsp3) is 0.125. The van der Waals surface area contributed by atoms with Crippen molar-refractivity contribution in [1.82, 2.24) is 15.0 Å². The number of ether oxygens (including phenoxy) is 2. The summed E-state index contributed by atoms with van der Waals surface area (Å²) in [7, 11) is 2.96. The average molecular weight is 339 g/mol. The topological polar surface area (TPSA) is 147 Å². The Labute approximate surface area is 140 Å². The molecule has 1 aromatic carbocycles. The van der Waals surface area contributed by atoms with Crippen molar-refractivity contribution in [3.63, 3.8) is 0 Å². The highest BCUT2D eigenvalue weighted by atomic mass is 16.5. The van der Waals surface area contributed by atoms with E-state index < -0.39 is 11.2 Å². The molecule has 25 heavy (non-hydrogen) atoms. The second kappa shape index (κ2) is 6.01. The first-order chi connectivity index (χ1) is 12.0. The van der Waals surface area contributed by atoms with Crippen LogP contribution in [0.25, 0.3) is 22.2 Å². The summed E-state index contributed by atoms with van der Waals surface area (Å²) in [4.78, 5) is 32.3. The predicted molar refractivity (Wildman–Crippen MR) is 90.7 cm³/mol. The van der Waals surface area contributed by atoms with E-state index in [0.717, 1.165) is 0 Å². The van der Waals surface area contributed by atoms with E-state index in [1.807, 2.05) is 6.07 Å². The summed E-state index contributed by atoms with van der Waals surface area (Å²) in [6.07, 6.45) is 0. The van der Waals surface area contributed by atoms with E-state index >= 15 is 0 Å². The van der Waals surface area contributed by atoms with Crippen molar-refractivity contribution in [3.8, 4) is 28.7 Å². The lowest BCUT2D eigenvalue weighted by atomic mass is 9.97. The number of nitrogens with zero attached hydrogens (tertiary/aromatic N) is 2. The van der Waals surface area contributed by atoms with Crippen molar-refractivity contribution >= 4 is 16.9 Å². The highest BCUT2D eigenvalue weighted by Gasteiger charge is 2.19. The molecule has 2 aromatic heterocycles. The molecule has 0 aliphatic rings. The molecular formula is C16H13N5O4. The zero-order chi connectivity index (χ0) is 18.1. The lowest BCUT2D eigenvalue weighted by Gasteiger charge is -2.13. The number of hydrogen-bond acceptors (Lipinski definition) is 7. The number of pyridine rings is 1. The summed E-state index contributed by atoms with van der Waals surface area (Å²) in [5, 5.41) is 9.54. The molecule has 9 nitrogen and oxygen atoms in total. The molecule has 0 spiro atoms. The van der Waals surface area contributed by atoms with Crippen LogP contribution in [0.3, 0.4) is 0 Å². The zero-order valence-corrected chi connectivity index (χ0v) is 13.3. The molecule has 4 N–H and O–H groups in total. The van der Waals surface area contributed by atoms with Gasteiger partial charge in [-0.25, -0.2) is 9.78 Å². The Kier molecular flexibility index (Phi) is 3.86. The first-order valence-electron chi connectivity index (χ1n) is 7.08. The zero-order valence-electron chi connectivity index (χ0n) is 13.3. The number of nitrogens with two attached hydrogens (primary N) is 1. The molecule has 9 heteroatoms. The average Bonchev–Trinajstić information content (AvgIpc) is 2.59. The molecule has 3 aromatic rings. The molecule has 3 rings (SSSR count). The Hall–Kier alpha value is -3.80. The molecule has 126 valence electrons. The van der Waals surface area contributed by atoms with Gasteiger partial charge in [-0.15, -0.1) is 0 Å². The second-order valence-corrected chi connectivity index (χ2v) is 5.06. The van der Waals surface area contributed by atoms with E-state index in [-0.39, 0.29) is 28.0 Å². The summed E-state index contributed by atoms with van der Waals surface area (Å²) >= 11 is 0. The van der Waals surface area contributed by atoms with Crippen LogP contribution in [-0.4, -0.2) is 29.2 Å². The molecule has 0 fully saturated rings. The fourth-order valence-corrected chi connectivity index (χ4v) is 2.61. The van der Waals surface area contributed by atoms with Gasteiger partial charge < -0.3 is 15.2 Å². The molecule has 0 aliphatic carbocycles. The fourth-order valence-electron chi connectivity index (χ4n) is 2.61. The number of H-pyrrole nitrogens is 2. The van der Waals surface area contributed by atoms with Gasteiger partial charge in [0.25, 0.3) is 5.56 Å². The Morgan fingerprint density at radius 2 is 1.88 bits per heavy atom. The van der Waals surface area contributed by atoms with Crippen molar-refractivity contribution in [2.24, 2.45) is 0 Å². The molecule has 0 aliphatic heterocycles. The first kappa shape index (κ1) is 16.1. The molecule has 0 saturated carbocycles. The number of methoxy groups -OCH3 is 2. The van der Waals surface area contributed by atoms with Gasteiger partial charge in [0, 0.05) is 5.56 Å². The third-order valence-electron chi connectivity index (χ3n) is 3.70. The summed E-state index contributed by atoms with van der Waals surface area (Å²) in [6.45, 7) is 0. The van der Waals surface area contributed by atoms with Gasteiger partial charge in [0.2, 0.25) is 0 Å². The highest BCUT2D eigenvalue weighted by molar-refractivity contribution is 5.97. The molecule has 0 unspecified atom stereocenters. The van der Waals surface area contributed by atoms with Gasteiger partial charge in [0.1, 0.15) is 23.1 Å². The maximum Gasteiger partial charge on any atom is 0.327 e. The van der Waals surface area contributed by atoms with Crippen LogP contribution in [0.2, 0.25) is 0 Å². The smallest absolute Gasteiger partial charge is 0.327 e. The molecule has 0 amide bonds. The molecular weight excluding hydrogens is 326 g/mol. The van der Waals surface area contributed by atoms with E-state index in [1.165, 1.54) is 14.2 Å². The standard InChI is InChI=1S/C16H13N5O4/c1-24-9-4-3-7(5-10(9)25-2)11-8(6-17)13(18)19-14-12(11)15(22)21-16(23)20-14/h3-5H,1-2H3,(H4,18,19,20,21,22,23). The highest BCUT2D eigenvalue weighted by Crippen LogP contribution is 2.36. The van der Waals surface area contributed by atoms with Crippen LogP contribution >= 0.6 is 0 Å².